The molecule has 0 saturated heterocycles. The number of aryl methyl sites for hydroxylation is 1. The van der Waals surface area contributed by atoms with Crippen molar-refractivity contribution in [1.29, 1.82) is 0 Å². The average Bonchev–Trinajstić information content (AvgIpc) is 2.20. The van der Waals surface area contributed by atoms with Gasteiger partial charge in [0.2, 0.25) is 0 Å². The van der Waals surface area contributed by atoms with E-state index in [1.807, 2.05) is 0 Å². The van der Waals surface area contributed by atoms with Gasteiger partial charge >= 0.3 is 5.97 Å². The molecule has 15 heavy (non-hydrogen) atoms. The number of hydrogen-bond acceptors (Lipinski definition) is 3. The number of halogens is 3. The van der Waals surface area contributed by atoms with Crippen LogP contribution in [-0.2, 0) is 4.74 Å². The highest BCUT2D eigenvalue weighted by Crippen LogP contribution is 2.26. The third-order valence-electron chi connectivity index (χ3n) is 1.79. The normalized spacial score (nSPS) is 10.5. The molecule has 0 amide bonds. The van der Waals surface area contributed by atoms with E-state index in [9.17, 15) is 13.6 Å². The molecule has 6 heteroatoms. The van der Waals surface area contributed by atoms with Crippen LogP contribution in [0.3, 0.4) is 0 Å². The summed E-state index contributed by atoms with van der Waals surface area (Å²) < 4.78 is 29.4. The predicted octanol–water partition coefficient (Wildman–Crippen LogP) is 2.77. The fourth-order valence-corrected chi connectivity index (χ4v) is 1.18. The Morgan fingerprint density at radius 1 is 1.60 bits per heavy atom. The molecule has 0 aliphatic heterocycles. The van der Waals surface area contributed by atoms with Gasteiger partial charge in [-0.3, -0.25) is 0 Å². The highest BCUT2D eigenvalue weighted by molar-refractivity contribution is 6.30. The minimum Gasteiger partial charge on any atom is -0.464 e. The summed E-state index contributed by atoms with van der Waals surface area (Å²) in [4.78, 5) is 14.7. The Kier molecular flexibility index (Phi) is 3.57. The number of methoxy groups -OCH3 is 1. The summed E-state index contributed by atoms with van der Waals surface area (Å²) in [6.45, 7) is 1.53. The summed E-state index contributed by atoms with van der Waals surface area (Å²) in [6.07, 6.45) is -2.79. The smallest absolute Gasteiger partial charge is 0.357 e. The van der Waals surface area contributed by atoms with Crippen LogP contribution < -0.4 is 0 Å². The molecule has 1 aromatic rings. The van der Waals surface area contributed by atoms with E-state index in [0.717, 1.165) is 13.2 Å². The molecule has 1 heterocycles. The monoisotopic (exact) mass is 235 g/mol. The van der Waals surface area contributed by atoms with Crippen LogP contribution in [0, 0.1) is 6.92 Å². The first-order valence-electron chi connectivity index (χ1n) is 4.01. The highest BCUT2D eigenvalue weighted by Gasteiger charge is 2.22. The Hall–Kier alpha value is -1.23. The first-order chi connectivity index (χ1) is 6.97. The summed E-state index contributed by atoms with van der Waals surface area (Å²) in [7, 11) is 1.09. The van der Waals surface area contributed by atoms with E-state index in [4.69, 9.17) is 11.6 Å². The molecular formula is C9H8ClF2NO2. The number of esters is 1. The van der Waals surface area contributed by atoms with Crippen LogP contribution in [-0.4, -0.2) is 18.1 Å². The van der Waals surface area contributed by atoms with Gasteiger partial charge < -0.3 is 4.74 Å². The molecule has 0 spiro atoms. The second-order valence-electron chi connectivity index (χ2n) is 2.83. The Morgan fingerprint density at radius 2 is 2.20 bits per heavy atom. The number of carbonyl (C=O) groups is 1. The molecule has 0 radical (unpaired) electrons. The second-order valence-corrected chi connectivity index (χ2v) is 3.18. The van der Waals surface area contributed by atoms with Crippen LogP contribution in [0.4, 0.5) is 8.78 Å². The molecule has 0 fully saturated rings. The summed E-state index contributed by atoms with van der Waals surface area (Å²) in [5.74, 6) is -0.924. The number of aromatic nitrogens is 1. The van der Waals surface area contributed by atoms with Gasteiger partial charge in [-0.15, -0.1) is 0 Å². The molecule has 0 unspecified atom stereocenters. The van der Waals surface area contributed by atoms with Gasteiger partial charge in [-0.05, 0) is 18.6 Å². The minimum atomic E-state index is -2.79. The van der Waals surface area contributed by atoms with Gasteiger partial charge in [0, 0.05) is 0 Å². The fourth-order valence-electron chi connectivity index (χ4n) is 1.04. The molecule has 0 aliphatic rings. The Bertz CT molecular complexity index is 396. The second kappa shape index (κ2) is 4.53. The van der Waals surface area contributed by atoms with Crippen LogP contribution in [0.1, 0.15) is 28.0 Å². The maximum Gasteiger partial charge on any atom is 0.357 e. The van der Waals surface area contributed by atoms with Gasteiger partial charge in [-0.2, -0.15) is 0 Å². The van der Waals surface area contributed by atoms with Crippen molar-refractivity contribution in [1.82, 2.24) is 4.98 Å². The van der Waals surface area contributed by atoms with Crippen LogP contribution in [0.2, 0.25) is 5.15 Å². The molecule has 82 valence electrons. The van der Waals surface area contributed by atoms with Crippen LogP contribution in [0.15, 0.2) is 6.07 Å². The molecule has 0 bridgehead atoms. The van der Waals surface area contributed by atoms with Crippen molar-refractivity contribution in [2.45, 2.75) is 13.3 Å². The van der Waals surface area contributed by atoms with Crippen LogP contribution >= 0.6 is 11.6 Å². The number of nitrogens with zero attached hydrogens (tertiary/aromatic N) is 1. The van der Waals surface area contributed by atoms with Crippen molar-refractivity contribution < 1.29 is 18.3 Å². The zero-order chi connectivity index (χ0) is 11.6. The van der Waals surface area contributed by atoms with Crippen LogP contribution in [0.25, 0.3) is 0 Å². The highest BCUT2D eigenvalue weighted by atomic mass is 35.5. The Labute approximate surface area is 90.0 Å². The Balaban J connectivity index is 3.34. The molecule has 1 rings (SSSR count). The van der Waals surface area contributed by atoms with E-state index in [0.29, 0.717) is 5.56 Å². The lowest BCUT2D eigenvalue weighted by atomic mass is 10.1. The predicted molar refractivity (Wildman–Crippen MR) is 50.3 cm³/mol. The first-order valence-corrected chi connectivity index (χ1v) is 4.38. The van der Waals surface area contributed by atoms with E-state index < -0.39 is 23.7 Å². The van der Waals surface area contributed by atoms with E-state index >= 15 is 0 Å². The third kappa shape index (κ3) is 2.41. The van der Waals surface area contributed by atoms with E-state index in [2.05, 4.69) is 9.72 Å². The third-order valence-corrected chi connectivity index (χ3v) is 2.18. The summed E-state index contributed by atoms with van der Waals surface area (Å²) >= 11 is 5.63. The zero-order valence-electron chi connectivity index (χ0n) is 8.05. The van der Waals surface area contributed by atoms with Gasteiger partial charge in [0.05, 0.1) is 12.7 Å². The zero-order valence-corrected chi connectivity index (χ0v) is 8.81. The van der Waals surface area contributed by atoms with Gasteiger partial charge in [0.15, 0.2) is 5.69 Å². The van der Waals surface area contributed by atoms with Gasteiger partial charge in [-0.25, -0.2) is 18.6 Å². The standard InChI is InChI=1S/C9H8ClF2NO2/c1-4-3-5(8(11)12)6(9(14)15-2)13-7(4)10/h3,8H,1-2H3. The van der Waals surface area contributed by atoms with Crippen molar-refractivity contribution in [3.8, 4) is 0 Å². The van der Waals surface area contributed by atoms with E-state index in [1.165, 1.54) is 6.92 Å². The average molecular weight is 236 g/mol. The van der Waals surface area contributed by atoms with Gasteiger partial charge in [-0.1, -0.05) is 11.6 Å². The number of ether oxygens (including phenoxy) is 1. The number of alkyl halides is 2. The topological polar surface area (TPSA) is 39.2 Å². The molecule has 0 aliphatic carbocycles. The quantitative estimate of drug-likeness (QED) is 0.585. The molecule has 3 nitrogen and oxygen atoms in total. The van der Waals surface area contributed by atoms with E-state index in [1.54, 1.807) is 0 Å². The Morgan fingerprint density at radius 3 is 2.67 bits per heavy atom. The van der Waals surface area contributed by atoms with Crippen molar-refractivity contribution in [2.75, 3.05) is 7.11 Å². The maximum absolute atomic E-state index is 12.5. The van der Waals surface area contributed by atoms with Crippen molar-refractivity contribution in [3.63, 3.8) is 0 Å². The number of hydrogen-bond donors (Lipinski definition) is 0. The lowest BCUT2D eigenvalue weighted by Crippen LogP contribution is -2.10. The van der Waals surface area contributed by atoms with Crippen molar-refractivity contribution >= 4 is 17.6 Å². The van der Waals surface area contributed by atoms with Crippen molar-refractivity contribution in [2.24, 2.45) is 0 Å². The lowest BCUT2D eigenvalue weighted by Gasteiger charge is -2.08. The van der Waals surface area contributed by atoms with E-state index in [-0.39, 0.29) is 5.15 Å². The fraction of sp³-hybridized carbons (Fsp3) is 0.333. The first kappa shape index (κ1) is 11.8. The molecule has 0 aromatic carbocycles. The molecule has 1 aromatic heterocycles. The maximum atomic E-state index is 12.5. The van der Waals surface area contributed by atoms with Crippen molar-refractivity contribution in [3.05, 3.63) is 28.0 Å². The summed E-state index contributed by atoms with van der Waals surface area (Å²) in [6, 6.07) is 1.13. The summed E-state index contributed by atoms with van der Waals surface area (Å²) in [5, 5.41) is 0.0137. The number of carbonyl (C=O) groups excluding carboxylic acids is 1. The van der Waals surface area contributed by atoms with Crippen LogP contribution in [0.5, 0.6) is 0 Å². The lowest BCUT2D eigenvalue weighted by molar-refractivity contribution is 0.0581. The number of pyridine rings is 1. The summed E-state index contributed by atoms with van der Waals surface area (Å²) in [5.41, 5.74) is -0.522. The largest absolute Gasteiger partial charge is 0.464 e. The molecule has 0 atom stereocenters. The SMILES string of the molecule is COC(=O)c1nc(Cl)c(C)cc1C(F)F. The van der Waals surface area contributed by atoms with Gasteiger partial charge in [0.1, 0.15) is 5.15 Å². The van der Waals surface area contributed by atoms with Gasteiger partial charge in [0.25, 0.3) is 6.43 Å². The minimum absolute atomic E-state index is 0.0137. The molecule has 0 N–H and O–H groups in total. The molecular weight excluding hydrogens is 228 g/mol. The number of rotatable bonds is 2. The molecule has 0 saturated carbocycles.